The second kappa shape index (κ2) is 6.61. The highest BCUT2D eigenvalue weighted by atomic mass is 15.2. The Morgan fingerprint density at radius 1 is 1.17 bits per heavy atom. The molecule has 0 saturated heterocycles. The number of aromatic nitrogens is 4. The first-order chi connectivity index (χ1) is 11.8. The molecule has 0 fully saturated rings. The maximum absolute atomic E-state index is 4.67. The number of rotatable bonds is 5. The molecule has 3 heterocycles. The second-order valence-corrected chi connectivity index (χ2v) is 6.51. The number of fused-ring (bicyclic) bond motifs is 1. The molecule has 0 bridgehead atoms. The van der Waals surface area contributed by atoms with E-state index in [0.29, 0.717) is 0 Å². The highest BCUT2D eigenvalue weighted by Gasteiger charge is 2.21. The molecule has 0 saturated carbocycles. The Labute approximate surface area is 142 Å². The van der Waals surface area contributed by atoms with E-state index in [1.54, 1.807) is 0 Å². The zero-order valence-corrected chi connectivity index (χ0v) is 14.1. The largest absolute Gasteiger partial charge is 0.349 e. The maximum Gasteiger partial charge on any atom is 0.106 e. The molecule has 1 aromatic carbocycles. The van der Waals surface area contributed by atoms with Crippen molar-refractivity contribution in [2.75, 3.05) is 13.1 Å². The van der Waals surface area contributed by atoms with Crippen molar-refractivity contribution >= 4 is 0 Å². The van der Waals surface area contributed by atoms with Crippen LogP contribution in [0.3, 0.4) is 0 Å². The van der Waals surface area contributed by atoms with Crippen molar-refractivity contribution in [3.8, 4) is 5.69 Å². The number of hydrogen-bond acceptors (Lipinski definition) is 3. The number of benzene rings is 1. The number of nitrogens with one attached hydrogen (secondary N) is 1. The molecule has 5 heteroatoms. The van der Waals surface area contributed by atoms with E-state index in [2.05, 4.69) is 55.6 Å². The van der Waals surface area contributed by atoms with Gasteiger partial charge in [0.15, 0.2) is 0 Å². The molecule has 124 valence electrons. The molecule has 3 aromatic rings. The highest BCUT2D eigenvalue weighted by molar-refractivity contribution is 5.38. The van der Waals surface area contributed by atoms with Crippen LogP contribution >= 0.6 is 0 Å². The van der Waals surface area contributed by atoms with Crippen molar-refractivity contribution in [2.24, 2.45) is 0 Å². The average Bonchev–Trinajstić information content (AvgIpc) is 3.25. The van der Waals surface area contributed by atoms with Crippen molar-refractivity contribution < 1.29 is 0 Å². The van der Waals surface area contributed by atoms with Gasteiger partial charge in [0, 0.05) is 49.7 Å². The van der Waals surface area contributed by atoms with E-state index in [0.717, 1.165) is 44.7 Å². The lowest BCUT2D eigenvalue weighted by atomic mass is 10.1. The summed E-state index contributed by atoms with van der Waals surface area (Å²) in [5.74, 6) is 1.08. The molecule has 4 rings (SSSR count). The van der Waals surface area contributed by atoms with Crippen LogP contribution in [0.5, 0.6) is 0 Å². The molecule has 0 amide bonds. The minimum Gasteiger partial charge on any atom is -0.349 e. The van der Waals surface area contributed by atoms with Gasteiger partial charge in [-0.3, -0.25) is 4.90 Å². The molecule has 24 heavy (non-hydrogen) atoms. The zero-order valence-electron chi connectivity index (χ0n) is 14.1. The third-order valence-corrected chi connectivity index (χ3v) is 4.75. The monoisotopic (exact) mass is 321 g/mol. The molecule has 2 aromatic heterocycles. The molecule has 0 radical (unpaired) electrons. The Morgan fingerprint density at radius 3 is 2.83 bits per heavy atom. The lowest BCUT2D eigenvalue weighted by Gasteiger charge is -2.26. The van der Waals surface area contributed by atoms with Gasteiger partial charge in [-0.05, 0) is 32.0 Å². The Bertz CT molecular complexity index is 786. The summed E-state index contributed by atoms with van der Waals surface area (Å²) >= 11 is 0. The van der Waals surface area contributed by atoms with Crippen LogP contribution in [0.1, 0.15) is 29.2 Å². The van der Waals surface area contributed by atoms with Gasteiger partial charge < -0.3 is 9.55 Å². The van der Waals surface area contributed by atoms with Gasteiger partial charge in [-0.2, -0.15) is 0 Å². The van der Waals surface area contributed by atoms with Crippen molar-refractivity contribution in [3.05, 3.63) is 65.8 Å². The SMILES string of the molecule is Cc1ccc(-n2cnc3c2CCN(CCCc2ncc[nH]2)C3)cc1. The zero-order chi connectivity index (χ0) is 16.4. The van der Waals surface area contributed by atoms with Crippen LogP contribution in [0.2, 0.25) is 0 Å². The summed E-state index contributed by atoms with van der Waals surface area (Å²) in [5.41, 5.74) is 5.08. The first-order valence-corrected chi connectivity index (χ1v) is 8.62. The Morgan fingerprint density at radius 2 is 2.04 bits per heavy atom. The number of nitrogens with zero attached hydrogens (tertiary/aromatic N) is 4. The van der Waals surface area contributed by atoms with Crippen molar-refractivity contribution in [1.29, 1.82) is 0 Å². The Hall–Kier alpha value is -2.40. The minimum atomic E-state index is 0.951. The van der Waals surface area contributed by atoms with Gasteiger partial charge in [0.25, 0.3) is 0 Å². The van der Waals surface area contributed by atoms with Crippen LogP contribution in [-0.4, -0.2) is 37.5 Å². The third-order valence-electron chi connectivity index (χ3n) is 4.75. The van der Waals surface area contributed by atoms with Gasteiger partial charge in [-0.1, -0.05) is 17.7 Å². The molecule has 1 aliphatic rings. The summed E-state index contributed by atoms with van der Waals surface area (Å²) < 4.78 is 2.25. The Balaban J connectivity index is 1.40. The van der Waals surface area contributed by atoms with E-state index in [1.807, 2.05) is 18.7 Å². The van der Waals surface area contributed by atoms with E-state index in [-0.39, 0.29) is 0 Å². The topological polar surface area (TPSA) is 49.7 Å². The summed E-state index contributed by atoms with van der Waals surface area (Å²) in [5, 5.41) is 0. The number of H-pyrrole nitrogens is 1. The molecule has 0 unspecified atom stereocenters. The molecule has 5 nitrogen and oxygen atoms in total. The van der Waals surface area contributed by atoms with E-state index in [9.17, 15) is 0 Å². The van der Waals surface area contributed by atoms with Crippen LogP contribution in [0.15, 0.2) is 43.0 Å². The smallest absolute Gasteiger partial charge is 0.106 e. The predicted octanol–water partition coefficient (Wildman–Crippen LogP) is 2.89. The lowest BCUT2D eigenvalue weighted by molar-refractivity contribution is 0.246. The van der Waals surface area contributed by atoms with Gasteiger partial charge >= 0.3 is 0 Å². The van der Waals surface area contributed by atoms with Crippen LogP contribution < -0.4 is 0 Å². The highest BCUT2D eigenvalue weighted by Crippen LogP contribution is 2.22. The molecular weight excluding hydrogens is 298 g/mol. The molecule has 1 N–H and O–H groups in total. The molecule has 0 spiro atoms. The summed E-state index contributed by atoms with van der Waals surface area (Å²) in [7, 11) is 0. The number of aryl methyl sites for hydroxylation is 2. The molecular formula is C19H23N5. The van der Waals surface area contributed by atoms with Gasteiger partial charge in [0.1, 0.15) is 5.82 Å². The van der Waals surface area contributed by atoms with Crippen molar-refractivity contribution in [1.82, 2.24) is 24.4 Å². The van der Waals surface area contributed by atoms with Gasteiger partial charge in [0.05, 0.1) is 12.0 Å². The van der Waals surface area contributed by atoms with Gasteiger partial charge in [0.2, 0.25) is 0 Å². The van der Waals surface area contributed by atoms with Crippen LogP contribution in [0.4, 0.5) is 0 Å². The summed E-state index contributed by atoms with van der Waals surface area (Å²) in [4.78, 5) is 14.6. The van der Waals surface area contributed by atoms with Gasteiger partial charge in [-0.15, -0.1) is 0 Å². The second-order valence-electron chi connectivity index (χ2n) is 6.51. The molecule has 0 aliphatic carbocycles. The van der Waals surface area contributed by atoms with E-state index in [1.165, 1.54) is 22.6 Å². The first-order valence-electron chi connectivity index (χ1n) is 8.62. The summed E-state index contributed by atoms with van der Waals surface area (Å²) in [6.45, 7) is 5.26. The lowest BCUT2D eigenvalue weighted by Crippen LogP contribution is -2.32. The molecule has 0 atom stereocenters. The molecule has 1 aliphatic heterocycles. The first kappa shape index (κ1) is 15.1. The standard InChI is InChI=1S/C19H23N5/c1-15-4-6-16(7-5-15)24-14-22-17-13-23(12-8-18(17)24)11-2-3-19-20-9-10-21-19/h4-7,9-10,14H,2-3,8,11-13H2,1H3,(H,20,21). The van der Waals surface area contributed by atoms with Crippen LogP contribution in [0, 0.1) is 6.92 Å². The fourth-order valence-corrected chi connectivity index (χ4v) is 3.39. The number of hydrogen-bond donors (Lipinski definition) is 1. The maximum atomic E-state index is 4.67. The van der Waals surface area contributed by atoms with Crippen LogP contribution in [-0.2, 0) is 19.4 Å². The summed E-state index contributed by atoms with van der Waals surface area (Å²) in [6, 6.07) is 8.66. The fraction of sp³-hybridized carbons (Fsp3) is 0.368. The van der Waals surface area contributed by atoms with E-state index in [4.69, 9.17) is 0 Å². The minimum absolute atomic E-state index is 0.951. The van der Waals surface area contributed by atoms with Crippen molar-refractivity contribution in [2.45, 2.75) is 32.7 Å². The van der Waals surface area contributed by atoms with Gasteiger partial charge in [-0.25, -0.2) is 9.97 Å². The van der Waals surface area contributed by atoms with E-state index < -0.39 is 0 Å². The van der Waals surface area contributed by atoms with E-state index >= 15 is 0 Å². The summed E-state index contributed by atoms with van der Waals surface area (Å²) in [6.07, 6.45) is 8.88. The van der Waals surface area contributed by atoms with Crippen LogP contribution in [0.25, 0.3) is 5.69 Å². The quantitative estimate of drug-likeness (QED) is 0.786. The Kier molecular flexibility index (Phi) is 4.17. The van der Waals surface area contributed by atoms with Crippen molar-refractivity contribution in [3.63, 3.8) is 0 Å². The average molecular weight is 321 g/mol. The normalized spacial score (nSPS) is 14.7. The fourth-order valence-electron chi connectivity index (χ4n) is 3.39. The number of aromatic amines is 1. The number of imidazole rings is 2. The predicted molar refractivity (Wildman–Crippen MR) is 94.2 cm³/mol. The third kappa shape index (κ3) is 3.12.